The summed E-state index contributed by atoms with van der Waals surface area (Å²) in [6, 6.07) is 9.09. The molecule has 1 aromatic carbocycles. The molecule has 4 N–H and O–H groups in total. The van der Waals surface area contributed by atoms with E-state index in [-0.39, 0.29) is 11.7 Å². The Morgan fingerprint density at radius 1 is 1.38 bits per heavy atom. The SMILES string of the molecule is CC(C(=O)N=C(N)/C=C(\N)C1CC1)c1cnn(-c2ccc(C#N)cc2)c1. The highest BCUT2D eigenvalue weighted by atomic mass is 16.1. The minimum Gasteiger partial charge on any atom is -0.402 e. The molecule has 1 unspecified atom stereocenters. The number of carbonyl (C=O) groups excluding carboxylic acids is 1. The van der Waals surface area contributed by atoms with Crippen molar-refractivity contribution in [2.75, 3.05) is 0 Å². The van der Waals surface area contributed by atoms with Gasteiger partial charge in [0.05, 0.1) is 29.4 Å². The zero-order chi connectivity index (χ0) is 18.7. The lowest BCUT2D eigenvalue weighted by molar-refractivity contribution is -0.118. The largest absolute Gasteiger partial charge is 0.402 e. The van der Waals surface area contributed by atoms with E-state index in [1.165, 1.54) is 0 Å². The molecule has 0 aliphatic heterocycles. The van der Waals surface area contributed by atoms with E-state index < -0.39 is 5.92 Å². The molecule has 26 heavy (non-hydrogen) atoms. The van der Waals surface area contributed by atoms with Gasteiger partial charge in [-0.15, -0.1) is 0 Å². The number of rotatable bonds is 5. The maximum Gasteiger partial charge on any atom is 0.254 e. The van der Waals surface area contributed by atoms with E-state index >= 15 is 0 Å². The van der Waals surface area contributed by atoms with Gasteiger partial charge in [0.1, 0.15) is 5.84 Å². The highest BCUT2D eigenvalue weighted by molar-refractivity contribution is 6.02. The van der Waals surface area contributed by atoms with Crippen LogP contribution in [0.15, 0.2) is 53.4 Å². The van der Waals surface area contributed by atoms with Crippen molar-refractivity contribution in [2.45, 2.75) is 25.7 Å². The fourth-order valence-electron chi connectivity index (χ4n) is 2.49. The third kappa shape index (κ3) is 3.98. The van der Waals surface area contributed by atoms with Gasteiger partial charge in [0, 0.05) is 17.5 Å². The lowest BCUT2D eigenvalue weighted by Crippen LogP contribution is -2.17. The number of amides is 1. The van der Waals surface area contributed by atoms with Crippen LogP contribution in [0.3, 0.4) is 0 Å². The Balaban J connectivity index is 1.72. The number of benzene rings is 1. The summed E-state index contributed by atoms with van der Waals surface area (Å²) in [5.41, 5.74) is 14.5. The summed E-state index contributed by atoms with van der Waals surface area (Å²) in [7, 11) is 0. The number of carbonyl (C=O) groups is 1. The number of amidine groups is 1. The Morgan fingerprint density at radius 3 is 2.69 bits per heavy atom. The van der Waals surface area contributed by atoms with Gasteiger partial charge in [-0.1, -0.05) is 0 Å². The van der Waals surface area contributed by atoms with Gasteiger partial charge in [-0.3, -0.25) is 4.79 Å². The van der Waals surface area contributed by atoms with Crippen LogP contribution in [0, 0.1) is 17.2 Å². The van der Waals surface area contributed by atoms with E-state index in [0.29, 0.717) is 17.2 Å². The Hall–Kier alpha value is -3.40. The van der Waals surface area contributed by atoms with E-state index in [0.717, 1.165) is 24.1 Å². The molecule has 0 bridgehead atoms. The van der Waals surface area contributed by atoms with Gasteiger partial charge in [0.15, 0.2) is 0 Å². The first kappa shape index (κ1) is 17.4. The first-order chi connectivity index (χ1) is 12.5. The van der Waals surface area contributed by atoms with Crippen LogP contribution >= 0.6 is 0 Å². The van der Waals surface area contributed by atoms with Gasteiger partial charge in [-0.2, -0.15) is 15.4 Å². The molecule has 1 atom stereocenters. The maximum absolute atomic E-state index is 12.3. The standard InChI is InChI=1S/C19H20N6O/c1-12(19(26)24-18(22)8-17(21)14-4-5-14)15-10-23-25(11-15)16-6-2-13(9-20)3-7-16/h2-3,6-8,10-12,14H,4-5,21H2,1H3,(H2,22,24,26)/b17-8-. The first-order valence-corrected chi connectivity index (χ1v) is 8.38. The monoisotopic (exact) mass is 348 g/mol. The summed E-state index contributed by atoms with van der Waals surface area (Å²) in [6.07, 6.45) is 7.09. The molecular formula is C19H20N6O. The predicted octanol–water partition coefficient (Wildman–Crippen LogP) is 1.98. The second-order valence-corrected chi connectivity index (χ2v) is 6.39. The summed E-state index contributed by atoms with van der Waals surface area (Å²) < 4.78 is 1.65. The smallest absolute Gasteiger partial charge is 0.254 e. The molecule has 1 aliphatic carbocycles. The third-order valence-electron chi connectivity index (χ3n) is 4.34. The molecule has 2 aromatic rings. The average molecular weight is 348 g/mol. The van der Waals surface area contributed by atoms with Crippen molar-refractivity contribution in [3.63, 3.8) is 0 Å². The number of nitrogens with zero attached hydrogens (tertiary/aromatic N) is 4. The normalized spacial score (nSPS) is 16.2. The van der Waals surface area contributed by atoms with Crippen LogP contribution in [0.1, 0.15) is 36.8 Å². The summed E-state index contributed by atoms with van der Waals surface area (Å²) >= 11 is 0. The number of hydrogen-bond acceptors (Lipinski definition) is 4. The highest BCUT2D eigenvalue weighted by Crippen LogP contribution is 2.33. The van der Waals surface area contributed by atoms with E-state index in [4.69, 9.17) is 16.7 Å². The summed E-state index contributed by atoms with van der Waals surface area (Å²) in [4.78, 5) is 16.3. The van der Waals surface area contributed by atoms with Gasteiger partial charge in [0.25, 0.3) is 5.91 Å². The Bertz CT molecular complexity index is 912. The van der Waals surface area contributed by atoms with Crippen molar-refractivity contribution in [3.8, 4) is 11.8 Å². The fourth-order valence-corrected chi connectivity index (χ4v) is 2.49. The zero-order valence-electron chi connectivity index (χ0n) is 14.5. The molecule has 7 nitrogen and oxygen atoms in total. The molecule has 1 fully saturated rings. The molecule has 0 radical (unpaired) electrons. The lowest BCUT2D eigenvalue weighted by atomic mass is 10.1. The van der Waals surface area contributed by atoms with Crippen molar-refractivity contribution in [2.24, 2.45) is 22.4 Å². The molecule has 1 aliphatic rings. The number of aliphatic imine (C=N–C) groups is 1. The van der Waals surface area contributed by atoms with E-state index in [9.17, 15) is 4.79 Å². The molecule has 1 aromatic heterocycles. The number of aromatic nitrogens is 2. The van der Waals surface area contributed by atoms with Crippen molar-refractivity contribution in [3.05, 3.63) is 59.6 Å². The first-order valence-electron chi connectivity index (χ1n) is 8.38. The van der Waals surface area contributed by atoms with Crippen molar-refractivity contribution in [1.29, 1.82) is 5.26 Å². The van der Waals surface area contributed by atoms with Crippen LogP contribution in [-0.4, -0.2) is 21.5 Å². The molecule has 1 saturated carbocycles. The van der Waals surface area contributed by atoms with Gasteiger partial charge >= 0.3 is 0 Å². The van der Waals surface area contributed by atoms with Crippen LogP contribution in [0.2, 0.25) is 0 Å². The summed E-state index contributed by atoms with van der Waals surface area (Å²) in [5, 5.41) is 13.1. The number of hydrogen-bond donors (Lipinski definition) is 2. The van der Waals surface area contributed by atoms with Crippen molar-refractivity contribution in [1.82, 2.24) is 9.78 Å². The Kier molecular flexibility index (Phi) is 4.85. The quantitative estimate of drug-likeness (QED) is 0.632. The average Bonchev–Trinajstić information content (AvgIpc) is 3.38. The third-order valence-corrected chi connectivity index (χ3v) is 4.34. The Morgan fingerprint density at radius 2 is 2.08 bits per heavy atom. The predicted molar refractivity (Wildman–Crippen MR) is 98.3 cm³/mol. The van der Waals surface area contributed by atoms with Crippen LogP contribution in [-0.2, 0) is 4.79 Å². The number of allylic oxidation sites excluding steroid dienone is 1. The van der Waals surface area contributed by atoms with Gasteiger partial charge in [0.2, 0.25) is 0 Å². The maximum atomic E-state index is 12.3. The zero-order valence-corrected chi connectivity index (χ0v) is 14.5. The second kappa shape index (κ2) is 7.23. The van der Waals surface area contributed by atoms with Crippen LogP contribution < -0.4 is 11.5 Å². The summed E-state index contributed by atoms with van der Waals surface area (Å²) in [5.74, 6) is -0.314. The van der Waals surface area contributed by atoms with E-state index in [2.05, 4.69) is 16.2 Å². The minimum atomic E-state index is -0.476. The van der Waals surface area contributed by atoms with Crippen LogP contribution in [0.25, 0.3) is 5.69 Å². The lowest BCUT2D eigenvalue weighted by Gasteiger charge is -2.05. The Labute approximate surface area is 151 Å². The van der Waals surface area contributed by atoms with E-state index in [1.807, 2.05) is 0 Å². The molecule has 7 heteroatoms. The van der Waals surface area contributed by atoms with Gasteiger partial charge in [-0.05, 0) is 56.0 Å². The van der Waals surface area contributed by atoms with Crippen molar-refractivity contribution < 1.29 is 4.79 Å². The van der Waals surface area contributed by atoms with Crippen LogP contribution in [0.5, 0.6) is 0 Å². The second-order valence-electron chi connectivity index (χ2n) is 6.39. The minimum absolute atomic E-state index is 0.130. The number of nitrogens with two attached hydrogens (primary N) is 2. The molecule has 132 valence electrons. The topological polar surface area (TPSA) is 123 Å². The molecule has 0 spiro atoms. The molecular weight excluding hydrogens is 328 g/mol. The fraction of sp³-hybridized carbons (Fsp3) is 0.263. The molecule has 3 rings (SSSR count). The molecule has 1 amide bonds. The van der Waals surface area contributed by atoms with Gasteiger partial charge in [-0.25, -0.2) is 4.68 Å². The highest BCUT2D eigenvalue weighted by Gasteiger charge is 2.24. The molecule has 0 saturated heterocycles. The summed E-state index contributed by atoms with van der Waals surface area (Å²) in [6.45, 7) is 1.76. The molecule has 1 heterocycles. The van der Waals surface area contributed by atoms with E-state index in [1.54, 1.807) is 54.3 Å². The van der Waals surface area contributed by atoms with Gasteiger partial charge < -0.3 is 11.5 Å². The van der Waals surface area contributed by atoms with Crippen molar-refractivity contribution >= 4 is 11.7 Å². The number of nitriles is 1. The van der Waals surface area contributed by atoms with Crippen LogP contribution in [0.4, 0.5) is 0 Å².